The van der Waals surface area contributed by atoms with Gasteiger partial charge in [0, 0.05) is 10.7 Å². The fraction of sp³-hybridized carbons (Fsp3) is 0.0667. The maximum Gasteiger partial charge on any atom is 0.159 e. The average Bonchev–Trinajstić information content (AvgIpc) is 3.02. The zero-order valence-corrected chi connectivity index (χ0v) is 12.3. The highest BCUT2D eigenvalue weighted by Crippen LogP contribution is 2.27. The molecule has 0 saturated carbocycles. The molecular weight excluding hydrogens is 302 g/mol. The first-order chi connectivity index (χ1) is 10.7. The molecule has 0 aliphatic carbocycles. The summed E-state index contributed by atoms with van der Waals surface area (Å²) in [5.74, 6) is 1.84. The minimum Gasteiger partial charge on any atom is -0.467 e. The molecule has 0 unspecified atom stereocenters. The van der Waals surface area contributed by atoms with Crippen molar-refractivity contribution in [1.29, 1.82) is 0 Å². The van der Waals surface area contributed by atoms with Crippen molar-refractivity contribution < 1.29 is 4.42 Å². The molecule has 0 atom stereocenters. The fourth-order valence-corrected chi connectivity index (χ4v) is 2.11. The van der Waals surface area contributed by atoms with E-state index in [-0.39, 0.29) is 0 Å². The summed E-state index contributed by atoms with van der Waals surface area (Å²) in [6.07, 6.45) is 3.06. The molecule has 0 aliphatic rings. The van der Waals surface area contributed by atoms with E-state index in [1.54, 1.807) is 18.4 Å². The Morgan fingerprint density at radius 1 is 1.14 bits per heavy atom. The second-order valence-corrected chi connectivity index (χ2v) is 4.99. The highest BCUT2D eigenvalue weighted by atomic mass is 35.5. The second kappa shape index (κ2) is 6.36. The molecule has 112 valence electrons. The van der Waals surface area contributed by atoms with Crippen LogP contribution in [0.2, 0.25) is 5.02 Å². The van der Waals surface area contributed by atoms with Crippen molar-refractivity contribution in [3.05, 3.63) is 59.8 Å². The first-order valence-corrected chi connectivity index (χ1v) is 6.99. The average molecular weight is 316 g/mol. The third kappa shape index (κ3) is 3.29. The molecule has 0 radical (unpaired) electrons. The smallest absolute Gasteiger partial charge is 0.159 e. The molecule has 0 spiro atoms. The predicted octanol–water partition coefficient (Wildman–Crippen LogP) is 3.66. The molecule has 22 heavy (non-hydrogen) atoms. The number of halogens is 1. The summed E-state index contributed by atoms with van der Waals surface area (Å²) in [5, 5.41) is 6.87. The number of hydrogen-bond acceptors (Lipinski definition) is 6. The van der Waals surface area contributed by atoms with Crippen LogP contribution in [-0.4, -0.2) is 9.97 Å². The van der Waals surface area contributed by atoms with Crippen molar-refractivity contribution in [2.24, 2.45) is 0 Å². The lowest BCUT2D eigenvalue weighted by Crippen LogP contribution is -2.07. The summed E-state index contributed by atoms with van der Waals surface area (Å²) < 4.78 is 5.26. The van der Waals surface area contributed by atoms with Gasteiger partial charge in [-0.1, -0.05) is 17.7 Å². The van der Waals surface area contributed by atoms with E-state index in [2.05, 4.69) is 20.6 Å². The van der Waals surface area contributed by atoms with Crippen LogP contribution in [0.1, 0.15) is 5.76 Å². The van der Waals surface area contributed by atoms with Gasteiger partial charge in [-0.05, 0) is 30.3 Å². The van der Waals surface area contributed by atoms with E-state index in [9.17, 15) is 0 Å². The van der Waals surface area contributed by atoms with Crippen LogP contribution in [0.3, 0.4) is 0 Å². The van der Waals surface area contributed by atoms with Gasteiger partial charge in [0.2, 0.25) is 0 Å². The topological polar surface area (TPSA) is 89.0 Å². The summed E-state index contributed by atoms with van der Waals surface area (Å²) in [4.78, 5) is 8.30. The van der Waals surface area contributed by atoms with Crippen LogP contribution in [0.4, 0.5) is 23.0 Å². The van der Waals surface area contributed by atoms with Gasteiger partial charge in [-0.2, -0.15) is 0 Å². The van der Waals surface area contributed by atoms with Gasteiger partial charge in [0.15, 0.2) is 11.6 Å². The molecule has 0 aliphatic heterocycles. The molecule has 4 N–H and O–H groups in total. The lowest BCUT2D eigenvalue weighted by atomic mass is 10.3. The van der Waals surface area contributed by atoms with Crippen molar-refractivity contribution >= 4 is 34.6 Å². The van der Waals surface area contributed by atoms with Crippen LogP contribution >= 0.6 is 11.6 Å². The van der Waals surface area contributed by atoms with Crippen LogP contribution in [0.5, 0.6) is 0 Å². The number of aromatic nitrogens is 2. The summed E-state index contributed by atoms with van der Waals surface area (Å²) >= 11 is 5.96. The van der Waals surface area contributed by atoms with E-state index >= 15 is 0 Å². The Morgan fingerprint density at radius 2 is 2.00 bits per heavy atom. The van der Waals surface area contributed by atoms with Crippen LogP contribution < -0.4 is 16.4 Å². The Morgan fingerprint density at radius 3 is 2.77 bits per heavy atom. The minimum absolute atomic E-state index is 0.425. The SMILES string of the molecule is Nc1c(NCc2ccco2)ncnc1Nc1cccc(Cl)c1. The Balaban J connectivity index is 1.76. The number of benzene rings is 1. The fourth-order valence-electron chi connectivity index (χ4n) is 1.92. The van der Waals surface area contributed by atoms with Gasteiger partial charge in [0.25, 0.3) is 0 Å². The molecule has 3 rings (SSSR count). The van der Waals surface area contributed by atoms with E-state index in [0.717, 1.165) is 11.4 Å². The van der Waals surface area contributed by atoms with E-state index in [0.29, 0.717) is 28.9 Å². The van der Waals surface area contributed by atoms with E-state index in [4.69, 9.17) is 21.8 Å². The van der Waals surface area contributed by atoms with Crippen molar-refractivity contribution in [1.82, 2.24) is 9.97 Å². The van der Waals surface area contributed by atoms with Crippen molar-refractivity contribution in [2.75, 3.05) is 16.4 Å². The normalized spacial score (nSPS) is 10.4. The monoisotopic (exact) mass is 315 g/mol. The van der Waals surface area contributed by atoms with E-state index in [1.807, 2.05) is 24.3 Å². The number of furan rings is 1. The Kier molecular flexibility index (Phi) is 4.11. The molecule has 0 saturated heterocycles. The molecule has 7 heteroatoms. The lowest BCUT2D eigenvalue weighted by molar-refractivity contribution is 0.518. The van der Waals surface area contributed by atoms with Crippen molar-refractivity contribution in [3.63, 3.8) is 0 Å². The zero-order valence-electron chi connectivity index (χ0n) is 11.6. The highest BCUT2D eigenvalue weighted by molar-refractivity contribution is 6.30. The third-order valence-electron chi connectivity index (χ3n) is 2.98. The summed E-state index contributed by atoms with van der Waals surface area (Å²) in [6.45, 7) is 0.491. The van der Waals surface area contributed by atoms with Crippen LogP contribution in [0.25, 0.3) is 0 Å². The van der Waals surface area contributed by atoms with Crippen LogP contribution in [-0.2, 0) is 6.54 Å². The predicted molar refractivity (Wildman–Crippen MR) is 87.2 cm³/mol. The van der Waals surface area contributed by atoms with Crippen LogP contribution in [0.15, 0.2) is 53.4 Å². The van der Waals surface area contributed by atoms with E-state index < -0.39 is 0 Å². The number of nitrogens with two attached hydrogens (primary N) is 1. The maximum absolute atomic E-state index is 6.10. The molecule has 3 aromatic rings. The quantitative estimate of drug-likeness (QED) is 0.666. The summed E-state index contributed by atoms with van der Waals surface area (Å²) in [6, 6.07) is 11.0. The molecular formula is C15H14ClN5O. The highest BCUT2D eigenvalue weighted by Gasteiger charge is 2.09. The standard InChI is InChI=1S/C15H14ClN5O/c16-10-3-1-4-11(7-10)21-15-13(17)14(19-9-20-15)18-8-12-5-2-6-22-12/h1-7,9H,8,17H2,(H2,18,19,20,21). The molecule has 6 nitrogen and oxygen atoms in total. The first kappa shape index (κ1) is 14.2. The zero-order chi connectivity index (χ0) is 15.4. The lowest BCUT2D eigenvalue weighted by Gasteiger charge is -2.12. The Hall–Kier alpha value is -2.73. The van der Waals surface area contributed by atoms with E-state index in [1.165, 1.54) is 6.33 Å². The van der Waals surface area contributed by atoms with Crippen molar-refractivity contribution in [3.8, 4) is 0 Å². The largest absolute Gasteiger partial charge is 0.467 e. The Labute approximate surface area is 132 Å². The molecule has 0 bridgehead atoms. The molecule has 2 heterocycles. The van der Waals surface area contributed by atoms with Crippen LogP contribution in [0, 0.1) is 0 Å². The number of rotatable bonds is 5. The van der Waals surface area contributed by atoms with Gasteiger partial charge >= 0.3 is 0 Å². The number of nitrogen functional groups attached to an aromatic ring is 1. The van der Waals surface area contributed by atoms with Gasteiger partial charge in [0.1, 0.15) is 17.8 Å². The molecule has 1 aromatic carbocycles. The van der Waals surface area contributed by atoms with Gasteiger partial charge in [-0.25, -0.2) is 9.97 Å². The molecule has 2 aromatic heterocycles. The third-order valence-corrected chi connectivity index (χ3v) is 3.22. The number of nitrogens with zero attached hydrogens (tertiary/aromatic N) is 2. The number of hydrogen-bond donors (Lipinski definition) is 3. The molecule has 0 fully saturated rings. The second-order valence-electron chi connectivity index (χ2n) is 4.55. The maximum atomic E-state index is 6.10. The number of nitrogens with one attached hydrogen (secondary N) is 2. The number of anilines is 4. The van der Waals surface area contributed by atoms with Gasteiger partial charge < -0.3 is 20.8 Å². The summed E-state index contributed by atoms with van der Waals surface area (Å²) in [5.41, 5.74) is 7.32. The molecule has 0 amide bonds. The Bertz CT molecular complexity index is 760. The van der Waals surface area contributed by atoms with Gasteiger partial charge in [0.05, 0.1) is 12.8 Å². The minimum atomic E-state index is 0.425. The first-order valence-electron chi connectivity index (χ1n) is 6.61. The van der Waals surface area contributed by atoms with Gasteiger partial charge in [-0.3, -0.25) is 0 Å². The summed E-state index contributed by atoms with van der Waals surface area (Å²) in [7, 11) is 0. The van der Waals surface area contributed by atoms with Gasteiger partial charge in [-0.15, -0.1) is 0 Å². The van der Waals surface area contributed by atoms with Crippen molar-refractivity contribution in [2.45, 2.75) is 6.54 Å².